The van der Waals surface area contributed by atoms with Crippen molar-refractivity contribution in [1.29, 1.82) is 0 Å². The number of phenolic OH excluding ortho intramolecular Hbond substituents is 1. The Hall–Kier alpha value is -1.38. The van der Waals surface area contributed by atoms with Crippen molar-refractivity contribution in [1.82, 2.24) is 0 Å². The molecule has 0 aromatic heterocycles. The van der Waals surface area contributed by atoms with E-state index in [-0.39, 0.29) is 0 Å². The Morgan fingerprint density at radius 2 is 1.71 bits per heavy atom. The fourth-order valence-corrected chi connectivity index (χ4v) is 0.799. The molecule has 0 saturated heterocycles. The first-order valence-electron chi connectivity index (χ1n) is 3.78. The highest BCUT2D eigenvalue weighted by atomic mass is 31.1. The first-order chi connectivity index (χ1) is 6.56. The normalized spacial score (nSPS) is 8.36. The monoisotopic (exact) mass is 214 g/mol. The van der Waals surface area contributed by atoms with E-state index in [0.29, 0.717) is 5.75 Å². The zero-order chi connectivity index (χ0) is 11.0. The topological polar surface area (TPSA) is 74.6 Å². The molecule has 0 fully saturated rings. The third-order valence-electron chi connectivity index (χ3n) is 1.32. The molecule has 0 heterocycles. The van der Waals surface area contributed by atoms with Crippen molar-refractivity contribution in [2.75, 3.05) is 0 Å². The molecule has 0 amide bonds. The minimum Gasteiger partial charge on any atom is -0.508 e. The summed E-state index contributed by atoms with van der Waals surface area (Å²) in [7, 11) is -3.12. The van der Waals surface area contributed by atoms with Crippen LogP contribution in [-0.4, -0.2) is 10.00 Å². The van der Waals surface area contributed by atoms with E-state index in [1.807, 2.05) is 18.2 Å². The molecule has 0 aliphatic heterocycles. The fraction of sp³-hybridized carbons (Fsp3) is 0.111. The molecule has 0 unspecified atom stereocenters. The largest absolute Gasteiger partial charge is 0.508 e. The SMILES string of the molecule is C=CCc1ccc(O)cc1.O=P(=O)O. The van der Waals surface area contributed by atoms with Gasteiger partial charge in [-0.1, -0.05) is 18.2 Å². The van der Waals surface area contributed by atoms with Gasteiger partial charge in [-0.25, -0.2) is 9.13 Å². The van der Waals surface area contributed by atoms with Crippen molar-refractivity contribution in [3.8, 4) is 5.75 Å². The molecule has 76 valence electrons. The number of hydrogen-bond donors (Lipinski definition) is 2. The predicted molar refractivity (Wildman–Crippen MR) is 52.5 cm³/mol. The molecule has 0 aliphatic rings. The molecule has 0 radical (unpaired) electrons. The fourth-order valence-electron chi connectivity index (χ4n) is 0.799. The van der Waals surface area contributed by atoms with Gasteiger partial charge in [0, 0.05) is 0 Å². The molecule has 0 atom stereocenters. The summed E-state index contributed by atoms with van der Waals surface area (Å²) in [4.78, 5) is 7.01. The van der Waals surface area contributed by atoms with Crippen LogP contribution in [0.25, 0.3) is 0 Å². The van der Waals surface area contributed by atoms with Gasteiger partial charge in [-0.05, 0) is 24.1 Å². The van der Waals surface area contributed by atoms with Crippen LogP contribution in [0.3, 0.4) is 0 Å². The number of benzene rings is 1. The van der Waals surface area contributed by atoms with Crippen LogP contribution in [0.1, 0.15) is 5.56 Å². The Morgan fingerprint density at radius 1 is 1.29 bits per heavy atom. The van der Waals surface area contributed by atoms with Crippen molar-refractivity contribution in [3.63, 3.8) is 0 Å². The zero-order valence-electron chi connectivity index (χ0n) is 7.46. The van der Waals surface area contributed by atoms with Crippen molar-refractivity contribution in [3.05, 3.63) is 42.5 Å². The van der Waals surface area contributed by atoms with E-state index in [4.69, 9.17) is 19.1 Å². The van der Waals surface area contributed by atoms with Gasteiger partial charge < -0.3 is 5.11 Å². The Balaban J connectivity index is 0.000000364. The van der Waals surface area contributed by atoms with Gasteiger partial charge in [0.2, 0.25) is 0 Å². The predicted octanol–water partition coefficient (Wildman–Crippen LogP) is 2.19. The van der Waals surface area contributed by atoms with E-state index < -0.39 is 7.91 Å². The van der Waals surface area contributed by atoms with Crippen LogP contribution < -0.4 is 0 Å². The molecular weight excluding hydrogens is 203 g/mol. The summed E-state index contributed by atoms with van der Waals surface area (Å²) in [5.41, 5.74) is 1.17. The second kappa shape index (κ2) is 7.06. The number of hydrogen-bond acceptors (Lipinski definition) is 3. The maximum absolute atomic E-state index is 8.90. The second-order valence-corrected chi connectivity index (χ2v) is 2.87. The first kappa shape index (κ1) is 12.6. The van der Waals surface area contributed by atoms with Gasteiger partial charge >= 0.3 is 7.91 Å². The highest BCUT2D eigenvalue weighted by Crippen LogP contribution is 2.09. The van der Waals surface area contributed by atoms with Crippen LogP contribution in [-0.2, 0) is 15.6 Å². The third-order valence-corrected chi connectivity index (χ3v) is 1.32. The summed E-state index contributed by atoms with van der Waals surface area (Å²) in [5, 5.41) is 8.90. The van der Waals surface area contributed by atoms with E-state index in [1.54, 1.807) is 12.1 Å². The van der Waals surface area contributed by atoms with Crippen LogP contribution >= 0.6 is 7.91 Å². The van der Waals surface area contributed by atoms with E-state index in [0.717, 1.165) is 6.42 Å². The van der Waals surface area contributed by atoms with Gasteiger partial charge in [0.1, 0.15) is 5.75 Å². The number of phenols is 1. The van der Waals surface area contributed by atoms with Crippen LogP contribution in [0.5, 0.6) is 5.75 Å². The van der Waals surface area contributed by atoms with Crippen molar-refractivity contribution >= 4 is 7.91 Å². The molecule has 0 aliphatic carbocycles. The minimum absolute atomic E-state index is 0.313. The summed E-state index contributed by atoms with van der Waals surface area (Å²) >= 11 is 0. The number of allylic oxidation sites excluding steroid dienone is 1. The van der Waals surface area contributed by atoms with Crippen molar-refractivity contribution < 1.29 is 19.1 Å². The van der Waals surface area contributed by atoms with Crippen LogP contribution in [0.15, 0.2) is 36.9 Å². The van der Waals surface area contributed by atoms with E-state index in [1.165, 1.54) is 5.56 Å². The average molecular weight is 214 g/mol. The lowest BCUT2D eigenvalue weighted by Crippen LogP contribution is -1.77. The second-order valence-electron chi connectivity index (χ2n) is 2.40. The van der Waals surface area contributed by atoms with Crippen molar-refractivity contribution in [2.45, 2.75) is 6.42 Å². The Kier molecular flexibility index (Phi) is 6.37. The van der Waals surface area contributed by atoms with Crippen molar-refractivity contribution in [2.24, 2.45) is 0 Å². The molecule has 1 aromatic rings. The first-order valence-corrected chi connectivity index (χ1v) is 4.91. The van der Waals surface area contributed by atoms with E-state index in [9.17, 15) is 0 Å². The summed E-state index contributed by atoms with van der Waals surface area (Å²) in [6.07, 6.45) is 2.70. The lowest BCUT2D eigenvalue weighted by molar-refractivity contribution is 0.434. The maximum Gasteiger partial charge on any atom is 0.465 e. The lowest BCUT2D eigenvalue weighted by Gasteiger charge is -1.94. The van der Waals surface area contributed by atoms with E-state index >= 15 is 0 Å². The summed E-state index contributed by atoms with van der Waals surface area (Å²) in [5.74, 6) is 0.313. The lowest BCUT2D eigenvalue weighted by atomic mass is 10.1. The molecule has 5 heteroatoms. The van der Waals surface area contributed by atoms with Gasteiger partial charge in [0.05, 0.1) is 0 Å². The minimum atomic E-state index is -3.12. The zero-order valence-corrected chi connectivity index (χ0v) is 8.35. The maximum atomic E-state index is 8.90. The van der Waals surface area contributed by atoms with Gasteiger partial charge in [0.25, 0.3) is 0 Å². The Bertz CT molecular complexity index is 332. The standard InChI is InChI=1S/C9H10O.HO3P/c1-2-3-8-4-6-9(10)7-5-8;1-4(2)3/h2,4-7,10H,1,3H2;(H,1,2,3). The summed E-state index contributed by atoms with van der Waals surface area (Å²) < 4.78 is 17.2. The van der Waals surface area contributed by atoms with Crippen LogP contribution in [0.2, 0.25) is 0 Å². The molecule has 2 N–H and O–H groups in total. The number of rotatable bonds is 2. The quantitative estimate of drug-likeness (QED) is 0.584. The molecule has 1 rings (SSSR count). The van der Waals surface area contributed by atoms with E-state index in [2.05, 4.69) is 6.58 Å². The molecule has 1 aromatic carbocycles. The Morgan fingerprint density at radius 3 is 2.07 bits per heavy atom. The molecule has 0 spiro atoms. The van der Waals surface area contributed by atoms with Crippen LogP contribution in [0.4, 0.5) is 0 Å². The molecule has 0 saturated carbocycles. The highest BCUT2D eigenvalue weighted by Gasteiger charge is 1.87. The third kappa shape index (κ3) is 7.28. The van der Waals surface area contributed by atoms with Gasteiger partial charge in [0.15, 0.2) is 0 Å². The molecular formula is C9H11O4P. The molecule has 14 heavy (non-hydrogen) atoms. The number of aromatic hydroxyl groups is 1. The smallest absolute Gasteiger partial charge is 0.465 e. The molecule has 4 nitrogen and oxygen atoms in total. The highest BCUT2D eigenvalue weighted by molar-refractivity contribution is 7.23. The Labute approximate surface area is 82.4 Å². The summed E-state index contributed by atoms with van der Waals surface area (Å²) in [6, 6.07) is 7.13. The van der Waals surface area contributed by atoms with Gasteiger partial charge in [-0.2, -0.15) is 0 Å². The average Bonchev–Trinajstić information content (AvgIpc) is 2.08. The van der Waals surface area contributed by atoms with Crippen LogP contribution in [0, 0.1) is 0 Å². The summed E-state index contributed by atoms with van der Waals surface area (Å²) in [6.45, 7) is 3.62. The van der Waals surface area contributed by atoms with Gasteiger partial charge in [-0.15, -0.1) is 6.58 Å². The molecule has 0 bridgehead atoms. The van der Waals surface area contributed by atoms with Gasteiger partial charge in [-0.3, -0.25) is 4.89 Å².